The molecular formula is C38H56O4. The van der Waals surface area contributed by atoms with Crippen molar-refractivity contribution in [2.24, 2.45) is 58.2 Å². The van der Waals surface area contributed by atoms with E-state index in [1.54, 1.807) is 6.92 Å². The summed E-state index contributed by atoms with van der Waals surface area (Å²) in [7, 11) is 0. The fourth-order valence-electron chi connectivity index (χ4n) is 12.2. The Kier molecular flexibility index (Phi) is 8.57. The third-order valence-corrected chi connectivity index (χ3v) is 14.3. The lowest BCUT2D eigenvalue weighted by Crippen LogP contribution is -2.59. The van der Waals surface area contributed by atoms with Crippen LogP contribution in [0.4, 0.5) is 0 Å². The molecule has 5 aliphatic rings. The molecular weight excluding hydrogens is 520 g/mol. The molecule has 0 saturated heterocycles. The zero-order chi connectivity index (χ0) is 29.6. The molecule has 0 amide bonds. The highest BCUT2D eigenvalue weighted by atomic mass is 16.5. The number of carbonyl (C=O) groups excluding carboxylic acids is 1. The zero-order valence-corrected chi connectivity index (χ0v) is 26.7. The number of fused-ring (bicyclic) bond motifs is 5. The van der Waals surface area contributed by atoms with Crippen LogP contribution in [-0.2, 0) is 14.3 Å². The van der Waals surface area contributed by atoms with Crippen LogP contribution in [-0.4, -0.2) is 23.1 Å². The van der Waals surface area contributed by atoms with Crippen molar-refractivity contribution in [3.8, 4) is 0 Å². The SMILES string of the molecule is CC(=O)O[C@@H]1C[C@@H]2CC(C3CCC(c4ccccc4)CC3)CC[C@]2(C)[C@H]2CC[C@]3(C)[C@@H]([C@H](C)CCC(=O)O)CC[C@H]3[C@H]12. The van der Waals surface area contributed by atoms with Crippen LogP contribution in [0.25, 0.3) is 0 Å². The normalized spacial score (nSPS) is 43.9. The first-order valence-electron chi connectivity index (χ1n) is 17.5. The molecule has 1 N–H and O–H groups in total. The number of carbonyl (C=O) groups is 2. The minimum atomic E-state index is -0.675. The van der Waals surface area contributed by atoms with E-state index in [0.29, 0.717) is 40.9 Å². The van der Waals surface area contributed by atoms with Gasteiger partial charge in [-0.2, -0.15) is 0 Å². The second-order valence-electron chi connectivity index (χ2n) is 16.1. The van der Waals surface area contributed by atoms with Gasteiger partial charge in [-0.25, -0.2) is 0 Å². The topological polar surface area (TPSA) is 63.6 Å². The number of carboxylic acids is 1. The predicted octanol–water partition coefficient (Wildman–Crippen LogP) is 9.28. The first-order chi connectivity index (χ1) is 20.1. The summed E-state index contributed by atoms with van der Waals surface area (Å²) < 4.78 is 6.31. The summed E-state index contributed by atoms with van der Waals surface area (Å²) in [6, 6.07) is 11.2. The van der Waals surface area contributed by atoms with Crippen LogP contribution in [0.5, 0.6) is 0 Å². The Labute approximate surface area is 254 Å². The molecule has 0 radical (unpaired) electrons. The molecule has 4 heteroatoms. The molecule has 5 saturated carbocycles. The first kappa shape index (κ1) is 30.2. The van der Waals surface area contributed by atoms with Crippen LogP contribution in [0.15, 0.2) is 30.3 Å². The minimum absolute atomic E-state index is 0.0517. The monoisotopic (exact) mass is 576 g/mol. The summed E-state index contributed by atoms with van der Waals surface area (Å²) in [5, 5.41) is 9.33. The molecule has 42 heavy (non-hydrogen) atoms. The summed E-state index contributed by atoms with van der Waals surface area (Å²) >= 11 is 0. The minimum Gasteiger partial charge on any atom is -0.481 e. The van der Waals surface area contributed by atoms with E-state index in [9.17, 15) is 14.7 Å². The van der Waals surface area contributed by atoms with Gasteiger partial charge in [0.2, 0.25) is 0 Å². The first-order valence-corrected chi connectivity index (χ1v) is 17.5. The summed E-state index contributed by atoms with van der Waals surface area (Å²) in [5.74, 6) is 4.99. The highest BCUT2D eigenvalue weighted by molar-refractivity contribution is 5.66. The van der Waals surface area contributed by atoms with Crippen molar-refractivity contribution in [2.75, 3.05) is 0 Å². The molecule has 10 atom stereocenters. The van der Waals surface area contributed by atoms with Crippen molar-refractivity contribution >= 4 is 11.9 Å². The van der Waals surface area contributed by atoms with E-state index in [1.165, 1.54) is 76.2 Å². The Balaban J connectivity index is 1.17. The maximum absolute atomic E-state index is 12.5. The molecule has 5 aliphatic carbocycles. The number of hydrogen-bond donors (Lipinski definition) is 1. The van der Waals surface area contributed by atoms with E-state index in [-0.39, 0.29) is 23.9 Å². The number of benzene rings is 1. The summed E-state index contributed by atoms with van der Waals surface area (Å²) in [6.45, 7) is 9.06. The number of rotatable bonds is 7. The maximum Gasteiger partial charge on any atom is 0.303 e. The third kappa shape index (κ3) is 5.47. The zero-order valence-electron chi connectivity index (χ0n) is 26.7. The second-order valence-corrected chi connectivity index (χ2v) is 16.1. The van der Waals surface area contributed by atoms with E-state index in [0.717, 1.165) is 30.6 Å². The number of hydrogen-bond acceptors (Lipinski definition) is 3. The lowest BCUT2D eigenvalue weighted by atomic mass is 9.42. The number of ether oxygens (including phenoxy) is 1. The molecule has 4 nitrogen and oxygen atoms in total. The Hall–Kier alpha value is -1.84. The Morgan fingerprint density at radius 1 is 0.881 bits per heavy atom. The highest BCUT2D eigenvalue weighted by Crippen LogP contribution is 2.69. The molecule has 6 rings (SSSR count). The van der Waals surface area contributed by atoms with Gasteiger partial charge in [-0.1, -0.05) is 51.1 Å². The number of carboxylic acid groups (broad SMARTS) is 1. The van der Waals surface area contributed by atoms with Gasteiger partial charge in [0, 0.05) is 19.3 Å². The number of esters is 1. The highest BCUT2D eigenvalue weighted by Gasteiger charge is 2.64. The van der Waals surface area contributed by atoms with E-state index >= 15 is 0 Å². The smallest absolute Gasteiger partial charge is 0.303 e. The Morgan fingerprint density at radius 2 is 1.57 bits per heavy atom. The molecule has 0 aliphatic heterocycles. The fraction of sp³-hybridized carbons (Fsp3) is 0.789. The van der Waals surface area contributed by atoms with Crippen molar-refractivity contribution in [1.29, 1.82) is 0 Å². The number of aliphatic carboxylic acids is 1. The van der Waals surface area contributed by atoms with Gasteiger partial charge < -0.3 is 9.84 Å². The molecule has 1 aromatic rings. The molecule has 1 aromatic carbocycles. The van der Waals surface area contributed by atoms with Crippen LogP contribution >= 0.6 is 0 Å². The van der Waals surface area contributed by atoms with Crippen molar-refractivity contribution < 1.29 is 19.4 Å². The van der Waals surface area contributed by atoms with E-state index < -0.39 is 5.97 Å². The molecule has 0 heterocycles. The van der Waals surface area contributed by atoms with Crippen LogP contribution < -0.4 is 0 Å². The van der Waals surface area contributed by atoms with Gasteiger partial charge in [0.15, 0.2) is 0 Å². The maximum atomic E-state index is 12.5. The summed E-state index contributed by atoms with van der Waals surface area (Å²) in [5.41, 5.74) is 2.12. The molecule has 0 aromatic heterocycles. The van der Waals surface area contributed by atoms with Crippen molar-refractivity contribution in [3.05, 3.63) is 35.9 Å². The van der Waals surface area contributed by atoms with Gasteiger partial charge >= 0.3 is 11.9 Å². The molecule has 5 fully saturated rings. The van der Waals surface area contributed by atoms with Gasteiger partial charge in [0.1, 0.15) is 6.10 Å². The second kappa shape index (κ2) is 11.9. The van der Waals surface area contributed by atoms with Crippen LogP contribution in [0, 0.1) is 58.2 Å². The van der Waals surface area contributed by atoms with Gasteiger partial charge in [-0.3, -0.25) is 9.59 Å². The van der Waals surface area contributed by atoms with Gasteiger partial charge in [0.25, 0.3) is 0 Å². The van der Waals surface area contributed by atoms with Crippen LogP contribution in [0.3, 0.4) is 0 Å². The lowest BCUT2D eigenvalue weighted by Gasteiger charge is -2.63. The van der Waals surface area contributed by atoms with Gasteiger partial charge in [0.05, 0.1) is 0 Å². The van der Waals surface area contributed by atoms with Crippen molar-refractivity contribution in [3.63, 3.8) is 0 Å². The van der Waals surface area contributed by atoms with Crippen molar-refractivity contribution in [2.45, 2.75) is 130 Å². The van der Waals surface area contributed by atoms with Gasteiger partial charge in [-0.05, 0) is 147 Å². The van der Waals surface area contributed by atoms with E-state index in [4.69, 9.17) is 4.74 Å². The molecule has 1 unspecified atom stereocenters. The van der Waals surface area contributed by atoms with E-state index in [1.807, 2.05) is 0 Å². The fourth-order valence-corrected chi connectivity index (χ4v) is 12.2. The average molecular weight is 577 g/mol. The van der Waals surface area contributed by atoms with Crippen molar-refractivity contribution in [1.82, 2.24) is 0 Å². The van der Waals surface area contributed by atoms with E-state index in [2.05, 4.69) is 51.1 Å². The Morgan fingerprint density at radius 3 is 2.26 bits per heavy atom. The van der Waals surface area contributed by atoms with Crippen LogP contribution in [0.2, 0.25) is 0 Å². The third-order valence-electron chi connectivity index (χ3n) is 14.3. The predicted molar refractivity (Wildman–Crippen MR) is 167 cm³/mol. The largest absolute Gasteiger partial charge is 0.481 e. The van der Waals surface area contributed by atoms with Crippen LogP contribution in [0.1, 0.15) is 129 Å². The Bertz CT molecular complexity index is 1110. The molecule has 0 spiro atoms. The molecule has 0 bridgehead atoms. The van der Waals surface area contributed by atoms with Gasteiger partial charge in [-0.15, -0.1) is 0 Å². The quantitative estimate of drug-likeness (QED) is 0.329. The summed E-state index contributed by atoms with van der Waals surface area (Å²) in [4.78, 5) is 23.8. The lowest BCUT2D eigenvalue weighted by molar-refractivity contribution is -0.193. The summed E-state index contributed by atoms with van der Waals surface area (Å²) in [6.07, 6.45) is 16.5. The molecule has 232 valence electrons. The standard InChI is InChI=1S/C38H56O4/c1-24(10-17-35(40)41)31-15-16-32-36-33(19-21-38(31,32)4)37(3)20-18-29(22-30(37)23-34(36)42-25(2)39)28-13-11-27(12-14-28)26-8-6-5-7-9-26/h5-9,24,27-34,36H,10-23H2,1-4H3,(H,40,41)/t24-,27?,28?,29?,30+,31-,32+,33+,34-,36+,37+,38-/m1/s1. The average Bonchev–Trinajstić information content (AvgIpc) is 3.33.